The minimum Gasteiger partial charge on any atom is -0.490 e. The second-order valence-corrected chi connectivity index (χ2v) is 9.00. The largest absolute Gasteiger partial charge is 0.490 e. The maximum atomic E-state index is 14.2. The van der Waals surface area contributed by atoms with Crippen molar-refractivity contribution in [1.29, 1.82) is 0 Å². The van der Waals surface area contributed by atoms with E-state index in [2.05, 4.69) is 0 Å². The zero-order chi connectivity index (χ0) is 24.9. The molecule has 1 amide bonds. The minimum absolute atomic E-state index is 0.00789. The Hall–Kier alpha value is -3.76. The van der Waals surface area contributed by atoms with Crippen molar-refractivity contribution in [2.24, 2.45) is 0 Å². The number of hydrogen-bond acceptors (Lipinski definition) is 7. The molecule has 1 heterocycles. The predicted octanol–water partition coefficient (Wildman–Crippen LogP) is 6.12. The molecule has 0 unspecified atom stereocenters. The topological polar surface area (TPSA) is 81.9 Å². The van der Waals surface area contributed by atoms with Gasteiger partial charge in [-0.25, -0.2) is 4.39 Å². The van der Waals surface area contributed by atoms with E-state index in [0.717, 1.165) is 17.3 Å². The molecule has 10 heteroatoms. The summed E-state index contributed by atoms with van der Waals surface area (Å²) in [6.07, 6.45) is 1.67. The van der Waals surface area contributed by atoms with Gasteiger partial charge < -0.3 is 9.47 Å². The Kier molecular flexibility index (Phi) is 7.42. The van der Waals surface area contributed by atoms with Gasteiger partial charge in [0, 0.05) is 12.1 Å². The van der Waals surface area contributed by atoms with Crippen LogP contribution >= 0.6 is 24.0 Å². The third kappa shape index (κ3) is 5.50. The summed E-state index contributed by atoms with van der Waals surface area (Å²) < 4.78 is 26.1. The molecular weight excluding hydrogens is 491 g/mol. The van der Waals surface area contributed by atoms with Crippen LogP contribution in [-0.4, -0.2) is 21.8 Å². The highest BCUT2D eigenvalue weighted by Gasteiger charge is 2.34. The molecule has 0 aromatic heterocycles. The Morgan fingerprint density at radius 3 is 2.51 bits per heavy atom. The smallest absolute Gasteiger partial charge is 0.270 e. The SMILES string of the molecule is CCOc1cc(/C=C2\SC(=S)N(c3ccccc3F)C2=O)ccc1OCc1ccc([N+](=O)[O-])cc1. The number of anilines is 1. The average molecular weight is 511 g/mol. The van der Waals surface area contributed by atoms with Crippen LogP contribution in [0.15, 0.2) is 71.6 Å². The second-order valence-electron chi connectivity index (χ2n) is 7.32. The van der Waals surface area contributed by atoms with E-state index in [9.17, 15) is 19.3 Å². The number of benzene rings is 3. The highest BCUT2D eigenvalue weighted by molar-refractivity contribution is 8.27. The number of ether oxygens (including phenoxy) is 2. The standard InChI is InChI=1S/C25H19FN2O5S2/c1-2-32-22-13-17(9-12-21(22)33-15-16-7-10-18(11-8-16)28(30)31)14-23-24(29)27(25(34)35-23)20-6-4-3-5-19(20)26/h3-14H,2,15H2,1H3/b23-14-. The van der Waals surface area contributed by atoms with Crippen molar-refractivity contribution in [3.63, 3.8) is 0 Å². The molecule has 3 aromatic rings. The number of nitro groups is 1. The number of para-hydroxylation sites is 1. The summed E-state index contributed by atoms with van der Waals surface area (Å²) in [6, 6.07) is 17.3. The summed E-state index contributed by atoms with van der Waals surface area (Å²) in [5.41, 5.74) is 1.57. The number of nitrogens with zero attached hydrogens (tertiary/aromatic N) is 2. The van der Waals surface area contributed by atoms with Crippen LogP contribution in [0.5, 0.6) is 11.5 Å². The van der Waals surface area contributed by atoms with Crippen molar-refractivity contribution in [3.05, 3.63) is 98.7 Å². The fraction of sp³-hybridized carbons (Fsp3) is 0.120. The molecule has 0 N–H and O–H groups in total. The number of thioether (sulfide) groups is 1. The van der Waals surface area contributed by atoms with Crippen molar-refractivity contribution in [3.8, 4) is 11.5 Å². The van der Waals surface area contributed by atoms with Crippen molar-refractivity contribution in [1.82, 2.24) is 0 Å². The van der Waals surface area contributed by atoms with Gasteiger partial charge in [0.05, 0.1) is 22.1 Å². The molecule has 178 valence electrons. The number of nitro benzene ring substituents is 1. The van der Waals surface area contributed by atoms with Crippen LogP contribution in [0.1, 0.15) is 18.1 Å². The van der Waals surface area contributed by atoms with E-state index in [0.29, 0.717) is 28.6 Å². The van der Waals surface area contributed by atoms with Gasteiger partial charge in [-0.3, -0.25) is 19.8 Å². The van der Waals surface area contributed by atoms with E-state index >= 15 is 0 Å². The Balaban J connectivity index is 1.53. The lowest BCUT2D eigenvalue weighted by molar-refractivity contribution is -0.384. The Labute approximate surface area is 210 Å². The van der Waals surface area contributed by atoms with Crippen molar-refractivity contribution in [2.45, 2.75) is 13.5 Å². The third-order valence-corrected chi connectivity index (χ3v) is 6.30. The lowest BCUT2D eigenvalue weighted by Gasteiger charge is -2.15. The Morgan fingerprint density at radius 1 is 1.09 bits per heavy atom. The molecule has 1 saturated heterocycles. The fourth-order valence-electron chi connectivity index (χ4n) is 3.34. The first-order valence-electron chi connectivity index (χ1n) is 10.5. The number of halogens is 1. The molecule has 4 rings (SSSR count). The molecule has 0 atom stereocenters. The van der Waals surface area contributed by atoms with E-state index in [4.69, 9.17) is 21.7 Å². The fourth-order valence-corrected chi connectivity index (χ4v) is 4.62. The normalized spacial score (nSPS) is 14.5. The van der Waals surface area contributed by atoms with E-state index in [1.807, 2.05) is 6.92 Å². The van der Waals surface area contributed by atoms with Gasteiger partial charge in [-0.15, -0.1) is 0 Å². The van der Waals surface area contributed by atoms with E-state index in [-0.39, 0.29) is 22.3 Å². The van der Waals surface area contributed by atoms with Gasteiger partial charge in [-0.1, -0.05) is 42.2 Å². The van der Waals surface area contributed by atoms with Gasteiger partial charge in [0.25, 0.3) is 11.6 Å². The lowest BCUT2D eigenvalue weighted by Crippen LogP contribution is -2.28. The zero-order valence-corrected chi connectivity index (χ0v) is 20.1. The molecule has 35 heavy (non-hydrogen) atoms. The number of carbonyl (C=O) groups excluding carboxylic acids is 1. The average Bonchev–Trinajstić information content (AvgIpc) is 3.12. The first kappa shape index (κ1) is 24.4. The van der Waals surface area contributed by atoms with Gasteiger partial charge in [0.2, 0.25) is 0 Å². The van der Waals surface area contributed by atoms with Gasteiger partial charge in [-0.05, 0) is 60.5 Å². The molecule has 7 nitrogen and oxygen atoms in total. The number of non-ortho nitro benzene ring substituents is 1. The van der Waals surface area contributed by atoms with Crippen molar-refractivity contribution < 1.29 is 23.6 Å². The highest BCUT2D eigenvalue weighted by atomic mass is 32.2. The van der Waals surface area contributed by atoms with Crippen molar-refractivity contribution in [2.75, 3.05) is 11.5 Å². The Morgan fingerprint density at radius 2 is 1.83 bits per heavy atom. The minimum atomic E-state index is -0.529. The summed E-state index contributed by atoms with van der Waals surface area (Å²) in [4.78, 5) is 24.9. The molecule has 1 aliphatic rings. The van der Waals surface area contributed by atoms with E-state index in [1.165, 1.54) is 29.2 Å². The van der Waals surface area contributed by atoms with Crippen molar-refractivity contribution >= 4 is 51.7 Å². The first-order chi connectivity index (χ1) is 16.9. The second kappa shape index (κ2) is 10.7. The number of amides is 1. The number of carbonyl (C=O) groups is 1. The maximum absolute atomic E-state index is 14.2. The summed E-state index contributed by atoms with van der Waals surface area (Å²) in [5, 5.41) is 10.8. The molecule has 0 saturated carbocycles. The number of thiocarbonyl (C=S) groups is 1. The summed E-state index contributed by atoms with van der Waals surface area (Å²) in [7, 11) is 0. The lowest BCUT2D eigenvalue weighted by atomic mass is 10.1. The molecule has 0 aliphatic carbocycles. The molecule has 0 spiro atoms. The first-order valence-corrected chi connectivity index (χ1v) is 11.8. The van der Waals surface area contributed by atoms with Crippen LogP contribution in [0, 0.1) is 15.9 Å². The van der Waals surface area contributed by atoms with Crippen LogP contribution in [0.4, 0.5) is 15.8 Å². The number of hydrogen-bond donors (Lipinski definition) is 0. The van der Waals surface area contributed by atoms with Gasteiger partial charge in [0.1, 0.15) is 12.4 Å². The molecule has 1 aliphatic heterocycles. The van der Waals surface area contributed by atoms with Crippen LogP contribution in [-0.2, 0) is 11.4 Å². The van der Waals surface area contributed by atoms with Crippen LogP contribution in [0.2, 0.25) is 0 Å². The van der Waals surface area contributed by atoms with Crippen LogP contribution < -0.4 is 14.4 Å². The monoisotopic (exact) mass is 510 g/mol. The zero-order valence-electron chi connectivity index (χ0n) is 18.5. The number of rotatable bonds is 8. The molecular formula is C25H19FN2O5S2. The molecule has 1 fully saturated rings. The summed E-state index contributed by atoms with van der Waals surface area (Å²) in [6.45, 7) is 2.43. The quantitative estimate of drug-likeness (QED) is 0.156. The predicted molar refractivity (Wildman–Crippen MR) is 137 cm³/mol. The van der Waals surface area contributed by atoms with Crippen LogP contribution in [0.25, 0.3) is 6.08 Å². The molecule has 0 bridgehead atoms. The maximum Gasteiger partial charge on any atom is 0.270 e. The molecule has 0 radical (unpaired) electrons. The van der Waals surface area contributed by atoms with E-state index < -0.39 is 16.6 Å². The van der Waals surface area contributed by atoms with E-state index in [1.54, 1.807) is 48.5 Å². The van der Waals surface area contributed by atoms with Gasteiger partial charge in [0.15, 0.2) is 15.8 Å². The van der Waals surface area contributed by atoms with Gasteiger partial charge >= 0.3 is 0 Å². The summed E-state index contributed by atoms with van der Waals surface area (Å²) in [5.74, 6) is 0.0359. The van der Waals surface area contributed by atoms with Gasteiger partial charge in [-0.2, -0.15) is 0 Å². The third-order valence-electron chi connectivity index (χ3n) is 4.99. The highest BCUT2D eigenvalue weighted by Crippen LogP contribution is 2.38. The summed E-state index contributed by atoms with van der Waals surface area (Å²) >= 11 is 6.42. The van der Waals surface area contributed by atoms with Crippen LogP contribution in [0.3, 0.4) is 0 Å². The Bertz CT molecular complexity index is 1330. The molecule has 3 aromatic carbocycles.